The third-order valence-electron chi connectivity index (χ3n) is 4.72. The van der Waals surface area contributed by atoms with Crippen molar-refractivity contribution in [1.82, 2.24) is 10.2 Å². The lowest BCUT2D eigenvalue weighted by Gasteiger charge is -2.31. The summed E-state index contributed by atoms with van der Waals surface area (Å²) in [6, 6.07) is 14.5. The molecule has 2 aromatic carbocycles. The van der Waals surface area contributed by atoms with Gasteiger partial charge in [-0.3, -0.25) is 9.69 Å². The van der Waals surface area contributed by atoms with E-state index in [1.54, 1.807) is 0 Å². The number of halogens is 1. The van der Waals surface area contributed by atoms with Gasteiger partial charge in [-0.15, -0.1) is 12.4 Å². The SMILES string of the molecule is Cl.NCCNC(=O)C1CCCN(CCOc2ccc3ccccc3c2)C1. The summed E-state index contributed by atoms with van der Waals surface area (Å²) in [4.78, 5) is 14.4. The number of nitrogens with two attached hydrogens (primary N) is 1. The van der Waals surface area contributed by atoms with Gasteiger partial charge in [0.2, 0.25) is 5.91 Å². The van der Waals surface area contributed by atoms with Crippen LogP contribution in [0.3, 0.4) is 0 Å². The predicted molar refractivity (Wildman–Crippen MR) is 108 cm³/mol. The number of nitrogens with one attached hydrogen (secondary N) is 1. The zero-order chi connectivity index (χ0) is 17.5. The number of ether oxygens (including phenoxy) is 1. The van der Waals surface area contributed by atoms with E-state index in [1.165, 1.54) is 10.8 Å². The van der Waals surface area contributed by atoms with Gasteiger partial charge < -0.3 is 15.8 Å². The van der Waals surface area contributed by atoms with Crippen molar-refractivity contribution < 1.29 is 9.53 Å². The Bertz CT molecular complexity index is 710. The molecule has 1 aliphatic rings. The van der Waals surface area contributed by atoms with E-state index in [4.69, 9.17) is 10.5 Å². The second-order valence-corrected chi connectivity index (χ2v) is 6.58. The molecular weight excluding hydrogens is 350 g/mol. The molecule has 1 heterocycles. The Labute approximate surface area is 161 Å². The molecule has 142 valence electrons. The first-order valence-corrected chi connectivity index (χ1v) is 9.08. The number of likely N-dealkylation sites (tertiary alicyclic amines) is 1. The van der Waals surface area contributed by atoms with E-state index in [-0.39, 0.29) is 24.2 Å². The zero-order valence-electron chi connectivity index (χ0n) is 15.0. The molecule has 26 heavy (non-hydrogen) atoms. The van der Waals surface area contributed by atoms with Crippen LogP contribution < -0.4 is 15.8 Å². The van der Waals surface area contributed by atoms with E-state index in [2.05, 4.69) is 34.5 Å². The average molecular weight is 378 g/mol. The van der Waals surface area contributed by atoms with Gasteiger partial charge >= 0.3 is 0 Å². The normalized spacial score (nSPS) is 17.5. The van der Waals surface area contributed by atoms with Gasteiger partial charge in [0, 0.05) is 26.2 Å². The highest BCUT2D eigenvalue weighted by molar-refractivity contribution is 5.85. The number of hydrogen-bond acceptors (Lipinski definition) is 4. The summed E-state index contributed by atoms with van der Waals surface area (Å²) in [7, 11) is 0. The number of carbonyl (C=O) groups is 1. The average Bonchev–Trinajstić information content (AvgIpc) is 2.66. The van der Waals surface area contributed by atoms with E-state index in [0.29, 0.717) is 19.7 Å². The summed E-state index contributed by atoms with van der Waals surface area (Å²) < 4.78 is 5.92. The molecule has 0 aromatic heterocycles. The number of piperidine rings is 1. The maximum atomic E-state index is 12.1. The highest BCUT2D eigenvalue weighted by atomic mass is 35.5. The second kappa shape index (κ2) is 10.4. The zero-order valence-corrected chi connectivity index (χ0v) is 15.8. The first-order chi connectivity index (χ1) is 12.3. The largest absolute Gasteiger partial charge is 0.492 e. The molecule has 2 aromatic rings. The van der Waals surface area contributed by atoms with Gasteiger partial charge in [-0.1, -0.05) is 30.3 Å². The lowest BCUT2D eigenvalue weighted by Crippen LogP contribution is -2.45. The highest BCUT2D eigenvalue weighted by Crippen LogP contribution is 2.21. The van der Waals surface area contributed by atoms with Crippen LogP contribution in [0, 0.1) is 5.92 Å². The van der Waals surface area contributed by atoms with Crippen molar-refractivity contribution in [1.29, 1.82) is 0 Å². The lowest BCUT2D eigenvalue weighted by atomic mass is 9.97. The summed E-state index contributed by atoms with van der Waals surface area (Å²) >= 11 is 0. The number of hydrogen-bond donors (Lipinski definition) is 2. The molecule has 3 N–H and O–H groups in total. The Morgan fingerprint density at radius 2 is 2.04 bits per heavy atom. The fourth-order valence-corrected chi connectivity index (χ4v) is 3.36. The number of benzene rings is 2. The lowest BCUT2D eigenvalue weighted by molar-refractivity contribution is -0.126. The summed E-state index contributed by atoms with van der Waals surface area (Å²) in [5.74, 6) is 1.10. The Kier molecular flexibility index (Phi) is 8.16. The molecule has 0 radical (unpaired) electrons. The fourth-order valence-electron chi connectivity index (χ4n) is 3.36. The molecule has 3 rings (SSSR count). The Morgan fingerprint density at radius 3 is 2.85 bits per heavy atom. The van der Waals surface area contributed by atoms with Crippen LogP contribution in [0.5, 0.6) is 5.75 Å². The first kappa shape index (κ1) is 20.5. The van der Waals surface area contributed by atoms with Gasteiger partial charge in [-0.25, -0.2) is 0 Å². The van der Waals surface area contributed by atoms with Crippen LogP contribution in [0.4, 0.5) is 0 Å². The monoisotopic (exact) mass is 377 g/mol. The first-order valence-electron chi connectivity index (χ1n) is 9.08. The third kappa shape index (κ3) is 5.59. The molecular formula is C20H28ClN3O2. The molecule has 0 spiro atoms. The molecule has 1 atom stereocenters. The number of amides is 1. The van der Waals surface area contributed by atoms with E-state index in [9.17, 15) is 4.79 Å². The van der Waals surface area contributed by atoms with Crippen LogP contribution in [-0.2, 0) is 4.79 Å². The predicted octanol–water partition coefficient (Wildman–Crippen LogP) is 2.43. The van der Waals surface area contributed by atoms with Gasteiger partial charge in [0.05, 0.1) is 5.92 Å². The molecule has 0 aliphatic carbocycles. The topological polar surface area (TPSA) is 67.6 Å². The minimum atomic E-state index is 0. The molecule has 0 bridgehead atoms. The van der Waals surface area contributed by atoms with Gasteiger partial charge in [-0.2, -0.15) is 0 Å². The van der Waals surface area contributed by atoms with Crippen molar-refractivity contribution in [2.45, 2.75) is 12.8 Å². The molecule has 1 saturated heterocycles. The summed E-state index contributed by atoms with van der Waals surface area (Å²) in [6.07, 6.45) is 2.01. The minimum Gasteiger partial charge on any atom is -0.492 e. The number of rotatable bonds is 7. The smallest absolute Gasteiger partial charge is 0.224 e. The van der Waals surface area contributed by atoms with Crippen molar-refractivity contribution in [3.63, 3.8) is 0 Å². The Balaban J connectivity index is 0.00000243. The van der Waals surface area contributed by atoms with Gasteiger partial charge in [0.15, 0.2) is 0 Å². The van der Waals surface area contributed by atoms with Gasteiger partial charge in [0.25, 0.3) is 0 Å². The molecule has 1 amide bonds. The van der Waals surface area contributed by atoms with Gasteiger partial charge in [-0.05, 0) is 42.3 Å². The molecule has 1 fully saturated rings. The van der Waals surface area contributed by atoms with E-state index in [0.717, 1.165) is 38.2 Å². The van der Waals surface area contributed by atoms with Crippen molar-refractivity contribution in [2.75, 3.05) is 39.3 Å². The van der Waals surface area contributed by atoms with Gasteiger partial charge in [0.1, 0.15) is 12.4 Å². The molecule has 1 aliphatic heterocycles. The number of carbonyl (C=O) groups excluding carboxylic acids is 1. The molecule has 1 unspecified atom stereocenters. The van der Waals surface area contributed by atoms with E-state index >= 15 is 0 Å². The number of fused-ring (bicyclic) bond motifs is 1. The third-order valence-corrected chi connectivity index (χ3v) is 4.72. The van der Waals surface area contributed by atoms with Crippen LogP contribution in [-0.4, -0.2) is 50.1 Å². The molecule has 6 heteroatoms. The quantitative estimate of drug-likeness (QED) is 0.777. The Morgan fingerprint density at radius 1 is 1.23 bits per heavy atom. The summed E-state index contributed by atoms with van der Waals surface area (Å²) in [6.45, 7) is 4.35. The van der Waals surface area contributed by atoms with Crippen LogP contribution >= 0.6 is 12.4 Å². The Hall–Kier alpha value is -1.82. The van der Waals surface area contributed by atoms with Crippen molar-refractivity contribution in [2.24, 2.45) is 11.7 Å². The van der Waals surface area contributed by atoms with Crippen LogP contribution in [0.25, 0.3) is 10.8 Å². The minimum absolute atomic E-state index is 0. The summed E-state index contributed by atoms with van der Waals surface area (Å²) in [5, 5.41) is 5.31. The molecule has 5 nitrogen and oxygen atoms in total. The van der Waals surface area contributed by atoms with E-state index < -0.39 is 0 Å². The highest BCUT2D eigenvalue weighted by Gasteiger charge is 2.25. The van der Waals surface area contributed by atoms with Crippen molar-refractivity contribution in [3.05, 3.63) is 42.5 Å². The van der Waals surface area contributed by atoms with Crippen LogP contribution in [0.1, 0.15) is 12.8 Å². The molecule has 0 saturated carbocycles. The standard InChI is InChI=1S/C20H27N3O2.ClH/c21-9-10-22-20(24)18-6-3-11-23(15-18)12-13-25-19-8-7-16-4-1-2-5-17(16)14-19;/h1-2,4-5,7-8,14,18H,3,6,9-13,15,21H2,(H,22,24);1H. The van der Waals surface area contributed by atoms with E-state index in [1.807, 2.05) is 18.2 Å². The van der Waals surface area contributed by atoms with Crippen molar-refractivity contribution in [3.8, 4) is 5.75 Å². The summed E-state index contributed by atoms with van der Waals surface area (Å²) in [5.41, 5.74) is 5.45. The fraction of sp³-hybridized carbons (Fsp3) is 0.450. The second-order valence-electron chi connectivity index (χ2n) is 6.58. The van der Waals surface area contributed by atoms with Crippen LogP contribution in [0.15, 0.2) is 42.5 Å². The van der Waals surface area contributed by atoms with Crippen LogP contribution in [0.2, 0.25) is 0 Å². The van der Waals surface area contributed by atoms with Crippen molar-refractivity contribution >= 4 is 29.1 Å². The maximum Gasteiger partial charge on any atom is 0.224 e. The number of nitrogens with zero attached hydrogens (tertiary/aromatic N) is 1. The maximum absolute atomic E-state index is 12.1.